The summed E-state index contributed by atoms with van der Waals surface area (Å²) in [5.41, 5.74) is 7.25. The van der Waals surface area contributed by atoms with Gasteiger partial charge in [-0.2, -0.15) is 11.8 Å². The third kappa shape index (κ3) is 4.68. The molecule has 0 spiro atoms. The molecule has 0 amide bonds. The molecule has 22 heavy (non-hydrogen) atoms. The van der Waals surface area contributed by atoms with Crippen molar-refractivity contribution >= 4 is 41.7 Å². The number of nitrogens with zero attached hydrogens (tertiary/aromatic N) is 1. The Morgan fingerprint density at radius 1 is 1.27 bits per heavy atom. The van der Waals surface area contributed by atoms with E-state index >= 15 is 0 Å². The fraction of sp³-hybridized carbons (Fsp3) is 0.562. The Kier molecular flexibility index (Phi) is 7.14. The van der Waals surface area contributed by atoms with Crippen molar-refractivity contribution < 1.29 is 4.74 Å². The number of benzene rings is 1. The largest absolute Gasteiger partial charge is 0.493 e. The number of ether oxygens (including phenoxy) is 1. The minimum absolute atomic E-state index is 0. The van der Waals surface area contributed by atoms with E-state index in [-0.39, 0.29) is 30.0 Å². The van der Waals surface area contributed by atoms with Crippen molar-refractivity contribution in [2.24, 2.45) is 16.6 Å². The molecule has 2 aliphatic heterocycles. The summed E-state index contributed by atoms with van der Waals surface area (Å²) in [5.74, 6) is 4.75. The summed E-state index contributed by atoms with van der Waals surface area (Å²) in [5, 5.41) is 3.36. The van der Waals surface area contributed by atoms with E-state index < -0.39 is 0 Å². The summed E-state index contributed by atoms with van der Waals surface area (Å²) in [6.45, 7) is 1.58. The van der Waals surface area contributed by atoms with E-state index in [0.717, 1.165) is 25.3 Å². The normalized spacial score (nSPS) is 22.2. The maximum Gasteiger partial charge on any atom is 0.189 e. The van der Waals surface area contributed by atoms with Gasteiger partial charge in [0.2, 0.25) is 0 Å². The molecular formula is C16H24IN3OS. The fourth-order valence-corrected chi connectivity index (χ4v) is 4.08. The van der Waals surface area contributed by atoms with Crippen molar-refractivity contribution in [2.75, 3.05) is 24.7 Å². The number of para-hydroxylation sites is 1. The van der Waals surface area contributed by atoms with E-state index in [1.165, 1.54) is 29.9 Å². The molecule has 0 radical (unpaired) electrons. The van der Waals surface area contributed by atoms with Crippen molar-refractivity contribution in [3.8, 4) is 5.75 Å². The summed E-state index contributed by atoms with van der Waals surface area (Å²) in [6, 6.07) is 8.35. The molecule has 1 saturated heterocycles. The average Bonchev–Trinajstić information content (AvgIpc) is 2.54. The number of aliphatic imine (C=N–C) groups is 1. The van der Waals surface area contributed by atoms with Gasteiger partial charge in [-0.25, -0.2) is 0 Å². The Labute approximate surface area is 153 Å². The highest BCUT2D eigenvalue weighted by Crippen LogP contribution is 2.31. The van der Waals surface area contributed by atoms with Crippen molar-refractivity contribution in [3.05, 3.63) is 29.8 Å². The van der Waals surface area contributed by atoms with Gasteiger partial charge in [0, 0.05) is 18.5 Å². The van der Waals surface area contributed by atoms with E-state index in [4.69, 9.17) is 10.5 Å². The van der Waals surface area contributed by atoms with Crippen LogP contribution < -0.4 is 15.8 Å². The number of fused-ring (bicyclic) bond motifs is 1. The summed E-state index contributed by atoms with van der Waals surface area (Å²) < 4.78 is 5.67. The molecule has 2 heterocycles. The van der Waals surface area contributed by atoms with Gasteiger partial charge >= 0.3 is 0 Å². The van der Waals surface area contributed by atoms with Gasteiger partial charge in [-0.05, 0) is 36.3 Å². The monoisotopic (exact) mass is 433 g/mol. The van der Waals surface area contributed by atoms with Crippen LogP contribution >= 0.6 is 35.7 Å². The van der Waals surface area contributed by atoms with Gasteiger partial charge < -0.3 is 15.8 Å². The van der Waals surface area contributed by atoms with Crippen LogP contribution in [0.3, 0.4) is 0 Å². The first kappa shape index (κ1) is 17.7. The van der Waals surface area contributed by atoms with Gasteiger partial charge in [0.25, 0.3) is 0 Å². The summed E-state index contributed by atoms with van der Waals surface area (Å²) >= 11 is 2.04. The Morgan fingerprint density at radius 2 is 2.05 bits per heavy atom. The zero-order chi connectivity index (χ0) is 14.5. The molecule has 1 aromatic carbocycles. The van der Waals surface area contributed by atoms with Crippen LogP contribution in [0.1, 0.15) is 30.9 Å². The zero-order valence-electron chi connectivity index (χ0n) is 12.7. The standard InChI is InChI=1S/C16H23N3OS.HI/c17-16(18-11-12-6-9-21-10-7-12)19-14-5-8-20-15-4-2-1-3-13(14)15;/h1-4,12,14H,5-11H2,(H3,17,18,19);1H. The van der Waals surface area contributed by atoms with Crippen LogP contribution in [0, 0.1) is 5.92 Å². The highest BCUT2D eigenvalue weighted by Gasteiger charge is 2.21. The van der Waals surface area contributed by atoms with Crippen molar-refractivity contribution in [3.63, 3.8) is 0 Å². The molecule has 1 atom stereocenters. The van der Waals surface area contributed by atoms with E-state index in [1.54, 1.807) is 0 Å². The van der Waals surface area contributed by atoms with Crippen molar-refractivity contribution in [2.45, 2.75) is 25.3 Å². The predicted molar refractivity (Wildman–Crippen MR) is 104 cm³/mol. The first-order valence-corrected chi connectivity index (χ1v) is 8.84. The Morgan fingerprint density at radius 3 is 2.86 bits per heavy atom. The van der Waals surface area contributed by atoms with E-state index in [9.17, 15) is 0 Å². The third-order valence-corrected chi connectivity index (χ3v) is 5.19. The van der Waals surface area contributed by atoms with E-state index in [0.29, 0.717) is 11.9 Å². The fourth-order valence-electron chi connectivity index (χ4n) is 2.87. The van der Waals surface area contributed by atoms with Crippen LogP contribution in [-0.2, 0) is 0 Å². The Balaban J connectivity index is 0.00000176. The van der Waals surface area contributed by atoms with Gasteiger partial charge in [0.05, 0.1) is 12.6 Å². The van der Waals surface area contributed by atoms with Gasteiger partial charge in [-0.1, -0.05) is 18.2 Å². The first-order chi connectivity index (χ1) is 10.3. The predicted octanol–water partition coefficient (Wildman–Crippen LogP) is 3.18. The average molecular weight is 433 g/mol. The second-order valence-corrected chi connectivity index (χ2v) is 6.88. The molecular weight excluding hydrogens is 409 g/mol. The molecule has 0 aromatic heterocycles. The lowest BCUT2D eigenvalue weighted by Gasteiger charge is -2.27. The quantitative estimate of drug-likeness (QED) is 0.437. The Bertz CT molecular complexity index is 506. The lowest BCUT2D eigenvalue weighted by atomic mass is 10.0. The van der Waals surface area contributed by atoms with Crippen LogP contribution in [0.25, 0.3) is 0 Å². The molecule has 4 nitrogen and oxygen atoms in total. The lowest BCUT2D eigenvalue weighted by Crippen LogP contribution is -2.37. The maximum atomic E-state index is 6.07. The number of nitrogens with two attached hydrogens (primary N) is 1. The maximum absolute atomic E-state index is 6.07. The molecule has 0 aliphatic carbocycles. The van der Waals surface area contributed by atoms with Crippen LogP contribution in [0.15, 0.2) is 29.3 Å². The van der Waals surface area contributed by atoms with Gasteiger partial charge in [-0.3, -0.25) is 4.99 Å². The second kappa shape index (κ2) is 8.86. The topological polar surface area (TPSA) is 59.6 Å². The minimum atomic E-state index is 0. The number of hydrogen-bond donors (Lipinski definition) is 2. The van der Waals surface area contributed by atoms with Crippen LogP contribution in [0.5, 0.6) is 5.75 Å². The molecule has 0 saturated carbocycles. The van der Waals surface area contributed by atoms with Crippen molar-refractivity contribution in [1.82, 2.24) is 5.32 Å². The first-order valence-electron chi connectivity index (χ1n) is 7.69. The Hall–Kier alpha value is -0.630. The SMILES string of the molecule is I.NC(=NCC1CCSCC1)NC1CCOc2ccccc21. The molecule has 3 rings (SSSR count). The molecule has 1 unspecified atom stereocenters. The highest BCUT2D eigenvalue weighted by molar-refractivity contribution is 14.0. The molecule has 1 aromatic rings. The lowest BCUT2D eigenvalue weighted by molar-refractivity contribution is 0.262. The summed E-state index contributed by atoms with van der Waals surface area (Å²) in [4.78, 5) is 4.55. The van der Waals surface area contributed by atoms with E-state index in [2.05, 4.69) is 16.4 Å². The zero-order valence-corrected chi connectivity index (χ0v) is 15.8. The minimum Gasteiger partial charge on any atom is -0.493 e. The van der Waals surface area contributed by atoms with Gasteiger partial charge in [0.15, 0.2) is 5.96 Å². The molecule has 6 heteroatoms. The van der Waals surface area contributed by atoms with Crippen LogP contribution in [0.2, 0.25) is 0 Å². The molecule has 0 bridgehead atoms. The summed E-state index contributed by atoms with van der Waals surface area (Å²) in [6.07, 6.45) is 3.45. The number of halogens is 1. The molecule has 122 valence electrons. The third-order valence-electron chi connectivity index (χ3n) is 4.14. The number of thioether (sulfide) groups is 1. The van der Waals surface area contributed by atoms with Gasteiger partial charge in [-0.15, -0.1) is 24.0 Å². The molecule has 2 aliphatic rings. The van der Waals surface area contributed by atoms with E-state index in [1.807, 2.05) is 30.0 Å². The highest BCUT2D eigenvalue weighted by atomic mass is 127. The smallest absolute Gasteiger partial charge is 0.189 e. The summed E-state index contributed by atoms with van der Waals surface area (Å²) in [7, 11) is 0. The molecule has 3 N–H and O–H groups in total. The second-order valence-electron chi connectivity index (χ2n) is 5.65. The number of hydrogen-bond acceptors (Lipinski definition) is 3. The van der Waals surface area contributed by atoms with Crippen molar-refractivity contribution in [1.29, 1.82) is 0 Å². The number of guanidine groups is 1. The van der Waals surface area contributed by atoms with Crippen LogP contribution in [-0.4, -0.2) is 30.6 Å². The van der Waals surface area contributed by atoms with Gasteiger partial charge in [0.1, 0.15) is 5.75 Å². The number of rotatable bonds is 3. The number of nitrogens with one attached hydrogen (secondary N) is 1. The molecule has 1 fully saturated rings. The van der Waals surface area contributed by atoms with Crippen LogP contribution in [0.4, 0.5) is 0 Å².